The highest BCUT2D eigenvalue weighted by Crippen LogP contribution is 2.10. The first-order valence-corrected chi connectivity index (χ1v) is 8.02. The first-order chi connectivity index (χ1) is 9.02. The summed E-state index contributed by atoms with van der Waals surface area (Å²) >= 11 is 1.70. The molecule has 0 saturated carbocycles. The minimum Gasteiger partial charge on any atom is -0.466 e. The minimum absolute atomic E-state index is 0. The molecule has 0 aromatic carbocycles. The summed E-state index contributed by atoms with van der Waals surface area (Å²) in [5.41, 5.74) is 5.82. The van der Waals surface area contributed by atoms with Crippen LogP contribution in [0.2, 0.25) is 0 Å². The van der Waals surface area contributed by atoms with Crippen LogP contribution in [-0.2, 0) is 11.2 Å². The third-order valence-electron chi connectivity index (χ3n) is 2.98. The Kier molecular flexibility index (Phi) is 9.80. The molecule has 20 heavy (non-hydrogen) atoms. The number of hydrogen-bond donors (Lipinski definition) is 2. The molecule has 116 valence electrons. The fraction of sp³-hybridized carbons (Fsp3) is 0.643. The second kappa shape index (κ2) is 10.1. The predicted molar refractivity (Wildman–Crippen MR) is 87.6 cm³/mol. The van der Waals surface area contributed by atoms with Gasteiger partial charge in [0.05, 0.1) is 6.04 Å². The molecule has 0 radical (unpaired) electrons. The van der Waals surface area contributed by atoms with Gasteiger partial charge in [-0.15, -0.1) is 12.4 Å². The molecule has 4 nitrogen and oxygen atoms in total. The Balaban J connectivity index is 0.00000361. The molecule has 0 spiro atoms. The second-order valence-corrected chi connectivity index (χ2v) is 5.83. The summed E-state index contributed by atoms with van der Waals surface area (Å²) in [6.45, 7) is 3.93. The summed E-state index contributed by atoms with van der Waals surface area (Å²) < 4.78 is 5.50. The molecule has 2 unspecified atom stereocenters. The van der Waals surface area contributed by atoms with Gasteiger partial charge in [-0.3, -0.25) is 4.79 Å². The van der Waals surface area contributed by atoms with Crippen LogP contribution in [0, 0.1) is 6.92 Å². The second-order valence-electron chi connectivity index (χ2n) is 4.85. The molecule has 1 aromatic heterocycles. The monoisotopic (exact) mass is 320 g/mol. The number of furan rings is 1. The van der Waals surface area contributed by atoms with Crippen molar-refractivity contribution in [3.63, 3.8) is 0 Å². The van der Waals surface area contributed by atoms with E-state index in [0.29, 0.717) is 0 Å². The molecule has 1 amide bonds. The lowest BCUT2D eigenvalue weighted by atomic mass is 10.1. The number of thioether (sulfide) groups is 1. The minimum atomic E-state index is -0.402. The largest absolute Gasteiger partial charge is 0.466 e. The maximum absolute atomic E-state index is 11.8. The number of halogens is 1. The zero-order chi connectivity index (χ0) is 14.3. The van der Waals surface area contributed by atoms with Crippen LogP contribution < -0.4 is 11.1 Å². The van der Waals surface area contributed by atoms with Crippen LogP contribution in [0.4, 0.5) is 0 Å². The quantitative estimate of drug-likeness (QED) is 0.772. The van der Waals surface area contributed by atoms with E-state index in [1.54, 1.807) is 11.8 Å². The van der Waals surface area contributed by atoms with Crippen molar-refractivity contribution in [1.29, 1.82) is 0 Å². The number of carbonyl (C=O) groups is 1. The first-order valence-electron chi connectivity index (χ1n) is 6.63. The third kappa shape index (κ3) is 7.22. The molecule has 2 atom stereocenters. The number of nitrogens with two attached hydrogens (primary N) is 1. The van der Waals surface area contributed by atoms with E-state index in [1.807, 2.05) is 32.2 Å². The molecular formula is C14H25ClN2O2S. The van der Waals surface area contributed by atoms with Crippen molar-refractivity contribution < 1.29 is 9.21 Å². The Morgan fingerprint density at radius 1 is 1.45 bits per heavy atom. The summed E-state index contributed by atoms with van der Waals surface area (Å²) in [5.74, 6) is 2.74. The van der Waals surface area contributed by atoms with E-state index in [0.717, 1.165) is 36.5 Å². The topological polar surface area (TPSA) is 68.3 Å². The van der Waals surface area contributed by atoms with E-state index in [-0.39, 0.29) is 24.4 Å². The lowest BCUT2D eigenvalue weighted by Gasteiger charge is -2.17. The summed E-state index contributed by atoms with van der Waals surface area (Å²) in [5, 5.41) is 2.95. The van der Waals surface area contributed by atoms with Gasteiger partial charge in [0.25, 0.3) is 0 Å². The van der Waals surface area contributed by atoms with Crippen molar-refractivity contribution in [2.24, 2.45) is 5.73 Å². The molecule has 0 aliphatic carbocycles. The molecule has 0 saturated heterocycles. The van der Waals surface area contributed by atoms with Gasteiger partial charge in [-0.2, -0.15) is 11.8 Å². The van der Waals surface area contributed by atoms with Gasteiger partial charge in [-0.25, -0.2) is 0 Å². The fourth-order valence-corrected chi connectivity index (χ4v) is 2.27. The molecule has 1 rings (SSSR count). The van der Waals surface area contributed by atoms with Crippen molar-refractivity contribution in [2.45, 2.75) is 45.2 Å². The van der Waals surface area contributed by atoms with E-state index in [9.17, 15) is 4.79 Å². The van der Waals surface area contributed by atoms with E-state index < -0.39 is 6.04 Å². The van der Waals surface area contributed by atoms with Gasteiger partial charge in [-0.1, -0.05) is 0 Å². The predicted octanol–water partition coefficient (Wildman–Crippen LogP) is 2.53. The van der Waals surface area contributed by atoms with Gasteiger partial charge in [0.2, 0.25) is 5.91 Å². The third-order valence-corrected chi connectivity index (χ3v) is 3.62. The van der Waals surface area contributed by atoms with Crippen molar-refractivity contribution in [3.05, 3.63) is 23.7 Å². The number of nitrogens with one attached hydrogen (secondary N) is 1. The molecule has 1 aromatic rings. The standard InChI is InChI=1S/C14H24N2O2S.ClH/c1-10(4-6-12-7-5-11(2)18-12)16-14(17)13(15)8-9-19-3;/h5,7,10,13H,4,6,8-9,15H2,1-3H3,(H,16,17);1H. The maximum atomic E-state index is 11.8. The number of carbonyl (C=O) groups excluding carboxylic acids is 1. The highest BCUT2D eigenvalue weighted by Gasteiger charge is 2.15. The highest BCUT2D eigenvalue weighted by atomic mass is 35.5. The molecule has 0 aliphatic rings. The Bertz CT molecular complexity index is 398. The number of rotatable bonds is 8. The SMILES string of the molecule is CSCCC(N)C(=O)NC(C)CCc1ccc(C)o1.Cl. The van der Waals surface area contributed by atoms with Crippen LogP contribution in [0.15, 0.2) is 16.5 Å². The van der Waals surface area contributed by atoms with Gasteiger partial charge >= 0.3 is 0 Å². The van der Waals surface area contributed by atoms with Crippen molar-refractivity contribution in [3.8, 4) is 0 Å². The van der Waals surface area contributed by atoms with Crippen LogP contribution in [0.1, 0.15) is 31.3 Å². The zero-order valence-electron chi connectivity index (χ0n) is 12.3. The Labute approximate surface area is 131 Å². The fourth-order valence-electron chi connectivity index (χ4n) is 1.78. The average Bonchev–Trinajstić information content (AvgIpc) is 2.79. The lowest BCUT2D eigenvalue weighted by molar-refractivity contribution is -0.123. The number of hydrogen-bond acceptors (Lipinski definition) is 4. The average molecular weight is 321 g/mol. The zero-order valence-corrected chi connectivity index (χ0v) is 14.0. The number of aryl methyl sites for hydroxylation is 2. The lowest BCUT2D eigenvalue weighted by Crippen LogP contribution is -2.44. The first kappa shape index (κ1) is 19.4. The van der Waals surface area contributed by atoms with Crippen LogP contribution in [-0.4, -0.2) is 30.0 Å². The molecule has 3 N–H and O–H groups in total. The Morgan fingerprint density at radius 2 is 2.15 bits per heavy atom. The van der Waals surface area contributed by atoms with E-state index >= 15 is 0 Å². The van der Waals surface area contributed by atoms with Crippen molar-refractivity contribution in [2.75, 3.05) is 12.0 Å². The van der Waals surface area contributed by atoms with E-state index in [1.165, 1.54) is 0 Å². The molecule has 1 heterocycles. The molecule has 0 bridgehead atoms. The van der Waals surface area contributed by atoms with Crippen molar-refractivity contribution >= 4 is 30.1 Å². The Morgan fingerprint density at radius 3 is 2.70 bits per heavy atom. The number of amides is 1. The van der Waals surface area contributed by atoms with Gasteiger partial charge in [0, 0.05) is 12.5 Å². The molecule has 0 fully saturated rings. The van der Waals surface area contributed by atoms with Crippen LogP contribution in [0.3, 0.4) is 0 Å². The summed E-state index contributed by atoms with van der Waals surface area (Å²) in [6.07, 6.45) is 4.42. The van der Waals surface area contributed by atoms with Crippen molar-refractivity contribution in [1.82, 2.24) is 5.32 Å². The highest BCUT2D eigenvalue weighted by molar-refractivity contribution is 7.98. The van der Waals surface area contributed by atoms with E-state index in [2.05, 4.69) is 5.32 Å². The Hall–Kier alpha value is -0.650. The summed E-state index contributed by atoms with van der Waals surface area (Å²) in [7, 11) is 0. The summed E-state index contributed by atoms with van der Waals surface area (Å²) in [4.78, 5) is 11.8. The summed E-state index contributed by atoms with van der Waals surface area (Å²) in [6, 6.07) is 3.64. The normalized spacial score (nSPS) is 13.4. The van der Waals surface area contributed by atoms with Gasteiger partial charge in [0.15, 0.2) is 0 Å². The van der Waals surface area contributed by atoms with E-state index in [4.69, 9.17) is 10.2 Å². The van der Waals surface area contributed by atoms with Gasteiger partial charge in [0.1, 0.15) is 11.5 Å². The van der Waals surface area contributed by atoms with Crippen LogP contribution >= 0.6 is 24.2 Å². The van der Waals surface area contributed by atoms with Crippen LogP contribution in [0.5, 0.6) is 0 Å². The maximum Gasteiger partial charge on any atom is 0.237 e. The molecular weight excluding hydrogens is 296 g/mol. The smallest absolute Gasteiger partial charge is 0.237 e. The molecule has 6 heteroatoms. The van der Waals surface area contributed by atoms with Gasteiger partial charge in [-0.05, 0) is 50.8 Å². The molecule has 0 aliphatic heterocycles. The van der Waals surface area contributed by atoms with Crippen LogP contribution in [0.25, 0.3) is 0 Å². The van der Waals surface area contributed by atoms with Gasteiger partial charge < -0.3 is 15.5 Å².